The van der Waals surface area contributed by atoms with Crippen LogP contribution in [0.1, 0.15) is 24.8 Å². The van der Waals surface area contributed by atoms with Gasteiger partial charge in [0.05, 0.1) is 10.6 Å². The average molecular weight is 520 g/mol. The first-order valence-corrected chi connectivity index (χ1v) is 13.1. The molecule has 1 fully saturated rings. The summed E-state index contributed by atoms with van der Waals surface area (Å²) in [6.45, 7) is 0.703. The lowest BCUT2D eigenvalue weighted by Crippen LogP contribution is -2.48. The van der Waals surface area contributed by atoms with Gasteiger partial charge in [-0.1, -0.05) is 34.1 Å². The van der Waals surface area contributed by atoms with Crippen molar-refractivity contribution in [2.75, 3.05) is 6.54 Å². The quantitative estimate of drug-likeness (QED) is 0.522. The molecule has 1 aromatic carbocycles. The highest BCUT2D eigenvalue weighted by Crippen LogP contribution is 2.33. The molecular formula is C22H22BrN3O3S2. The first kappa shape index (κ1) is 22.1. The van der Waals surface area contributed by atoms with E-state index >= 15 is 0 Å². The Morgan fingerprint density at radius 2 is 1.90 bits per heavy atom. The number of amides is 1. The van der Waals surface area contributed by atoms with Gasteiger partial charge in [0.2, 0.25) is 5.91 Å². The highest BCUT2D eigenvalue weighted by Gasteiger charge is 2.37. The van der Waals surface area contributed by atoms with Gasteiger partial charge in [0.15, 0.2) is 0 Å². The van der Waals surface area contributed by atoms with Gasteiger partial charge in [-0.3, -0.25) is 9.78 Å². The number of rotatable bonds is 6. The fourth-order valence-electron chi connectivity index (χ4n) is 3.55. The number of nitrogens with one attached hydrogen (secondary N) is 1. The second kappa shape index (κ2) is 9.60. The van der Waals surface area contributed by atoms with Crippen LogP contribution in [0.2, 0.25) is 0 Å². The molecule has 0 spiro atoms. The van der Waals surface area contributed by atoms with Crippen LogP contribution in [0.4, 0.5) is 0 Å². The molecule has 9 heteroatoms. The smallest absolute Gasteiger partial charge is 0.253 e. The molecule has 0 radical (unpaired) electrons. The number of carbonyl (C=O) groups excluding carboxylic acids is 1. The maximum absolute atomic E-state index is 13.7. The Labute approximate surface area is 194 Å². The Balaban J connectivity index is 1.71. The summed E-state index contributed by atoms with van der Waals surface area (Å²) in [5.41, 5.74) is 1.55. The monoisotopic (exact) mass is 519 g/mol. The zero-order chi connectivity index (χ0) is 21.8. The SMILES string of the molecule is O=C1NCCCC[C@H]1N(Cc1ccc(Br)cc1)S(=O)(=O)c1ccc(-c2ccccn2)s1. The Hall–Kier alpha value is -2.07. The van der Waals surface area contributed by atoms with Crippen LogP contribution in [0.3, 0.4) is 0 Å². The number of carbonyl (C=O) groups is 1. The molecule has 6 nitrogen and oxygen atoms in total. The number of benzene rings is 1. The number of sulfonamides is 1. The fraction of sp³-hybridized carbons (Fsp3) is 0.273. The molecule has 1 aliphatic heterocycles. The first-order valence-electron chi connectivity index (χ1n) is 10.0. The molecule has 4 rings (SSSR count). The van der Waals surface area contributed by atoms with Crippen LogP contribution in [-0.4, -0.2) is 36.2 Å². The molecule has 0 saturated carbocycles. The van der Waals surface area contributed by atoms with Gasteiger partial charge in [-0.25, -0.2) is 8.42 Å². The summed E-state index contributed by atoms with van der Waals surface area (Å²) in [4.78, 5) is 17.9. The normalized spacial score (nSPS) is 17.4. The van der Waals surface area contributed by atoms with E-state index in [4.69, 9.17) is 0 Å². The van der Waals surface area contributed by atoms with Crippen molar-refractivity contribution in [2.24, 2.45) is 0 Å². The van der Waals surface area contributed by atoms with Gasteiger partial charge >= 0.3 is 0 Å². The molecule has 3 aromatic rings. The Morgan fingerprint density at radius 3 is 2.65 bits per heavy atom. The molecule has 3 heterocycles. The third-order valence-corrected chi connectivity index (χ3v) is 9.13. The van der Waals surface area contributed by atoms with Gasteiger partial charge in [-0.15, -0.1) is 11.3 Å². The summed E-state index contributed by atoms with van der Waals surface area (Å²) in [7, 11) is -3.89. The Morgan fingerprint density at radius 1 is 1.10 bits per heavy atom. The Kier molecular flexibility index (Phi) is 6.86. The van der Waals surface area contributed by atoms with Crippen molar-refractivity contribution in [1.82, 2.24) is 14.6 Å². The Bertz CT molecular complexity index is 1150. The summed E-state index contributed by atoms with van der Waals surface area (Å²) in [5, 5.41) is 2.87. The topological polar surface area (TPSA) is 79.4 Å². The number of thiophene rings is 1. The molecule has 2 aromatic heterocycles. The van der Waals surface area contributed by atoms with Crippen LogP contribution in [0.25, 0.3) is 10.6 Å². The third kappa shape index (κ3) is 5.06. The molecule has 1 atom stereocenters. The predicted molar refractivity (Wildman–Crippen MR) is 125 cm³/mol. The van der Waals surface area contributed by atoms with E-state index in [0.29, 0.717) is 13.0 Å². The van der Waals surface area contributed by atoms with Crippen molar-refractivity contribution in [1.29, 1.82) is 0 Å². The third-order valence-electron chi connectivity index (χ3n) is 5.17. The van der Waals surface area contributed by atoms with Gasteiger partial charge in [-0.2, -0.15) is 4.31 Å². The number of halogens is 1. The highest BCUT2D eigenvalue weighted by atomic mass is 79.9. The minimum absolute atomic E-state index is 0.129. The van der Waals surface area contributed by atoms with E-state index < -0.39 is 16.1 Å². The summed E-state index contributed by atoms with van der Waals surface area (Å²) in [6.07, 6.45) is 3.82. The van der Waals surface area contributed by atoms with Gasteiger partial charge in [0.25, 0.3) is 10.0 Å². The van der Waals surface area contributed by atoms with Gasteiger partial charge in [-0.05, 0) is 61.2 Å². The lowest BCUT2D eigenvalue weighted by Gasteiger charge is -2.28. The maximum atomic E-state index is 13.7. The first-order chi connectivity index (χ1) is 14.9. The molecule has 1 N–H and O–H groups in total. The van der Waals surface area contributed by atoms with Crippen molar-refractivity contribution in [3.63, 3.8) is 0 Å². The molecule has 162 valence electrons. The number of hydrogen-bond donors (Lipinski definition) is 1. The number of hydrogen-bond acceptors (Lipinski definition) is 5. The lowest BCUT2D eigenvalue weighted by atomic mass is 10.1. The predicted octanol–water partition coefficient (Wildman–Crippen LogP) is 4.43. The van der Waals surface area contributed by atoms with Crippen LogP contribution >= 0.6 is 27.3 Å². The molecule has 31 heavy (non-hydrogen) atoms. The minimum atomic E-state index is -3.89. The van der Waals surface area contributed by atoms with Crippen molar-refractivity contribution >= 4 is 43.2 Å². The summed E-state index contributed by atoms with van der Waals surface area (Å²) < 4.78 is 29.9. The van der Waals surface area contributed by atoms with Crippen molar-refractivity contribution in [2.45, 2.75) is 36.1 Å². The van der Waals surface area contributed by atoms with Crippen LogP contribution in [0.15, 0.2) is 69.5 Å². The van der Waals surface area contributed by atoms with Gasteiger partial charge in [0.1, 0.15) is 10.3 Å². The molecule has 1 amide bonds. The van der Waals surface area contributed by atoms with E-state index in [2.05, 4.69) is 26.2 Å². The van der Waals surface area contributed by atoms with Crippen LogP contribution < -0.4 is 5.32 Å². The standard InChI is InChI=1S/C22H22BrN3O3S2/c23-17-9-7-16(8-10-17)15-26(19-6-2-4-14-25-22(19)27)31(28,29)21-12-11-20(30-21)18-5-1-3-13-24-18/h1,3,5,7-13,19H,2,4,6,14-15H2,(H,25,27)/t19-/m1/s1. The lowest BCUT2D eigenvalue weighted by molar-refractivity contribution is -0.124. The van der Waals surface area contributed by atoms with Crippen LogP contribution in [-0.2, 0) is 21.4 Å². The summed E-state index contributed by atoms with van der Waals surface area (Å²) in [5.74, 6) is -0.236. The summed E-state index contributed by atoms with van der Waals surface area (Å²) in [6, 6.07) is 15.7. The molecular weight excluding hydrogens is 498 g/mol. The van der Waals surface area contributed by atoms with Gasteiger partial charge in [0, 0.05) is 23.8 Å². The minimum Gasteiger partial charge on any atom is -0.355 e. The fourth-order valence-corrected chi connectivity index (χ4v) is 6.83. The second-order valence-corrected chi connectivity index (χ2v) is 11.4. The molecule has 0 unspecified atom stereocenters. The second-order valence-electron chi connectivity index (χ2n) is 7.31. The number of aromatic nitrogens is 1. The van der Waals surface area contributed by atoms with Crippen molar-refractivity contribution in [3.8, 4) is 10.6 Å². The van der Waals surface area contributed by atoms with E-state index in [1.54, 1.807) is 18.3 Å². The van der Waals surface area contributed by atoms with Crippen LogP contribution in [0.5, 0.6) is 0 Å². The summed E-state index contributed by atoms with van der Waals surface area (Å²) >= 11 is 4.58. The van der Waals surface area contributed by atoms with Gasteiger partial charge < -0.3 is 5.32 Å². The zero-order valence-electron chi connectivity index (χ0n) is 16.7. The largest absolute Gasteiger partial charge is 0.355 e. The average Bonchev–Trinajstić information content (AvgIpc) is 3.19. The van der Waals surface area contributed by atoms with Crippen molar-refractivity contribution < 1.29 is 13.2 Å². The van der Waals surface area contributed by atoms with E-state index in [-0.39, 0.29) is 16.7 Å². The molecule has 1 aliphatic rings. The van der Waals surface area contributed by atoms with Crippen molar-refractivity contribution in [3.05, 3.63) is 70.8 Å². The zero-order valence-corrected chi connectivity index (χ0v) is 19.9. The van der Waals surface area contributed by atoms with E-state index in [1.807, 2.05) is 42.5 Å². The highest BCUT2D eigenvalue weighted by molar-refractivity contribution is 9.10. The number of pyridine rings is 1. The number of nitrogens with zero attached hydrogens (tertiary/aromatic N) is 2. The molecule has 0 aliphatic carbocycles. The van der Waals surface area contributed by atoms with E-state index in [1.165, 1.54) is 15.6 Å². The van der Waals surface area contributed by atoms with Crippen LogP contribution in [0, 0.1) is 0 Å². The maximum Gasteiger partial charge on any atom is 0.253 e. The molecule has 1 saturated heterocycles. The molecule has 0 bridgehead atoms. The van der Waals surface area contributed by atoms with E-state index in [0.717, 1.165) is 33.4 Å². The van der Waals surface area contributed by atoms with E-state index in [9.17, 15) is 13.2 Å².